The Balaban J connectivity index is 1.45. The van der Waals surface area contributed by atoms with Crippen LogP contribution in [-0.2, 0) is 61.9 Å². The van der Waals surface area contributed by atoms with E-state index in [9.17, 15) is 39.0 Å². The highest BCUT2D eigenvalue weighted by molar-refractivity contribution is 5.98. The molecule has 8 aliphatic rings. The number of rotatable bonds is 4. The number of carbonyl (C=O) groups excluding carboxylic acids is 6. The van der Waals surface area contributed by atoms with Gasteiger partial charge in [0.15, 0.2) is 11.4 Å². The molecule has 0 radical (unpaired) electrons. The number of fused-ring (bicyclic) bond motifs is 9. The zero-order valence-corrected chi connectivity index (χ0v) is 32.4. The Morgan fingerprint density at radius 1 is 0.815 bits per heavy atom. The average molecular weight is 759 g/mol. The molecular formula is C39H50O15. The van der Waals surface area contributed by atoms with Gasteiger partial charge in [-0.15, -0.1) is 0 Å². The van der Waals surface area contributed by atoms with E-state index in [1.54, 1.807) is 41.5 Å². The summed E-state index contributed by atoms with van der Waals surface area (Å²) in [7, 11) is 0. The van der Waals surface area contributed by atoms with Crippen LogP contribution in [-0.4, -0.2) is 100.0 Å². The third kappa shape index (κ3) is 4.24. The Morgan fingerprint density at radius 2 is 1.39 bits per heavy atom. The highest BCUT2D eigenvalue weighted by Gasteiger charge is 2.93. The van der Waals surface area contributed by atoms with Crippen molar-refractivity contribution in [2.75, 3.05) is 0 Å². The molecule has 18 atom stereocenters. The van der Waals surface area contributed by atoms with Crippen LogP contribution >= 0.6 is 0 Å². The lowest BCUT2D eigenvalue weighted by atomic mass is 9.44. The number of Topliss-reactive ketones (excluding diaryl/α,β-unsaturated/α-hetero) is 1. The molecule has 3 saturated heterocycles. The summed E-state index contributed by atoms with van der Waals surface area (Å²) < 4.78 is 43.3. The second-order valence-corrected chi connectivity index (χ2v) is 18.8. The Kier molecular flexibility index (Phi) is 7.50. The van der Waals surface area contributed by atoms with Crippen molar-refractivity contribution in [1.29, 1.82) is 0 Å². The van der Waals surface area contributed by atoms with Crippen molar-refractivity contribution in [2.45, 2.75) is 137 Å². The first-order chi connectivity index (χ1) is 24.8. The first-order valence-electron chi connectivity index (χ1n) is 18.8. The van der Waals surface area contributed by atoms with Crippen LogP contribution in [0.5, 0.6) is 0 Å². The van der Waals surface area contributed by atoms with Gasteiger partial charge in [-0.3, -0.25) is 24.0 Å². The van der Waals surface area contributed by atoms with E-state index in [1.165, 1.54) is 27.7 Å². The van der Waals surface area contributed by atoms with E-state index < -0.39 is 153 Å². The quantitative estimate of drug-likeness (QED) is 0.239. The molecule has 1 spiro atoms. The van der Waals surface area contributed by atoms with E-state index in [-0.39, 0.29) is 12.0 Å². The molecule has 54 heavy (non-hydrogen) atoms. The molecule has 15 nitrogen and oxygen atoms in total. The number of ketones is 1. The lowest BCUT2D eigenvalue weighted by Gasteiger charge is -2.61. The SMILES string of the molecule is CC(=O)O[C@H]1[C@H]2C(=C(O)C(=O)[C@H]3C[C@@H]4O[C@@H]4[C@H](OC(C)=O)[C@@]32C)[C@@H]2[C@@H](OC(=O)C(C)(C)C)[C@@H]3[C@H]([C@H](C)[C@H]4O[C@]45OC(=O)[C@@](C)(O)[C@]35C)[C@@]2(C)[C@H]1OC(C)=O. The van der Waals surface area contributed by atoms with Crippen molar-refractivity contribution in [3.05, 3.63) is 11.3 Å². The maximum atomic E-state index is 14.7. The van der Waals surface area contributed by atoms with Crippen molar-refractivity contribution in [3.63, 3.8) is 0 Å². The Bertz CT molecular complexity index is 1830. The number of hydrogen-bond acceptors (Lipinski definition) is 15. The molecule has 0 bridgehead atoms. The number of allylic oxidation sites excluding steroid dienone is 1. The number of aliphatic hydroxyl groups is 2. The summed E-state index contributed by atoms with van der Waals surface area (Å²) in [6, 6.07) is 0. The Labute approximate surface area is 312 Å². The van der Waals surface area contributed by atoms with Crippen LogP contribution in [0.3, 0.4) is 0 Å². The largest absolute Gasteiger partial charge is 0.504 e. The first kappa shape index (κ1) is 37.4. The lowest BCUT2D eigenvalue weighted by molar-refractivity contribution is -0.226. The maximum Gasteiger partial charge on any atom is 0.341 e. The van der Waals surface area contributed by atoms with Crippen LogP contribution in [0.25, 0.3) is 0 Å². The molecule has 5 aliphatic carbocycles. The van der Waals surface area contributed by atoms with E-state index in [2.05, 4.69) is 0 Å². The van der Waals surface area contributed by atoms with Crippen molar-refractivity contribution in [3.8, 4) is 0 Å². The summed E-state index contributed by atoms with van der Waals surface area (Å²) in [4.78, 5) is 81.7. The van der Waals surface area contributed by atoms with Gasteiger partial charge in [0.1, 0.15) is 36.6 Å². The Hall–Kier alpha value is -3.56. The molecule has 8 rings (SSSR count). The Morgan fingerprint density at radius 3 is 1.96 bits per heavy atom. The molecule has 2 N–H and O–H groups in total. The summed E-state index contributed by atoms with van der Waals surface area (Å²) in [6.07, 6.45) is -6.66. The normalized spacial score (nSPS) is 51.8. The number of aliphatic hydroxyl groups excluding tert-OH is 1. The summed E-state index contributed by atoms with van der Waals surface area (Å²) >= 11 is 0. The fourth-order valence-electron chi connectivity index (χ4n) is 12.7. The van der Waals surface area contributed by atoms with Gasteiger partial charge in [-0.05, 0) is 58.4 Å². The van der Waals surface area contributed by atoms with Gasteiger partial charge in [0.05, 0.1) is 16.9 Å². The summed E-state index contributed by atoms with van der Waals surface area (Å²) in [5, 5.41) is 24.6. The molecule has 15 heteroatoms. The summed E-state index contributed by atoms with van der Waals surface area (Å²) in [5.74, 6) is -12.1. The van der Waals surface area contributed by atoms with Crippen molar-refractivity contribution in [1.82, 2.24) is 0 Å². The fourth-order valence-corrected chi connectivity index (χ4v) is 12.7. The molecule has 0 amide bonds. The summed E-state index contributed by atoms with van der Waals surface area (Å²) in [5.41, 5.74) is -7.61. The topological polar surface area (TPSA) is 214 Å². The van der Waals surface area contributed by atoms with Gasteiger partial charge in [-0.25, -0.2) is 4.79 Å². The fraction of sp³-hybridized carbons (Fsp3) is 0.795. The molecule has 296 valence electrons. The second kappa shape index (κ2) is 10.8. The zero-order chi connectivity index (χ0) is 39.8. The van der Waals surface area contributed by atoms with Crippen LogP contribution in [0.2, 0.25) is 0 Å². The zero-order valence-electron chi connectivity index (χ0n) is 32.4. The molecule has 3 aliphatic heterocycles. The number of ether oxygens (including phenoxy) is 7. The molecule has 0 aromatic carbocycles. The highest BCUT2D eigenvalue weighted by atomic mass is 16.8. The van der Waals surface area contributed by atoms with E-state index >= 15 is 0 Å². The molecule has 0 aromatic heterocycles. The number of hydrogen-bond donors (Lipinski definition) is 2. The van der Waals surface area contributed by atoms with Crippen LogP contribution in [0.4, 0.5) is 0 Å². The van der Waals surface area contributed by atoms with Gasteiger partial charge in [0, 0.05) is 55.3 Å². The molecule has 0 unspecified atom stereocenters. The third-order valence-corrected chi connectivity index (χ3v) is 15.1. The smallest absolute Gasteiger partial charge is 0.341 e. The second-order valence-electron chi connectivity index (χ2n) is 18.8. The minimum absolute atomic E-state index is 0.0950. The van der Waals surface area contributed by atoms with Gasteiger partial charge >= 0.3 is 29.8 Å². The van der Waals surface area contributed by atoms with Gasteiger partial charge in [-0.1, -0.05) is 20.8 Å². The van der Waals surface area contributed by atoms with E-state index in [1.807, 2.05) is 6.92 Å². The van der Waals surface area contributed by atoms with Crippen molar-refractivity contribution >= 4 is 35.6 Å². The van der Waals surface area contributed by atoms with Gasteiger partial charge in [0.2, 0.25) is 11.6 Å². The lowest BCUT2D eigenvalue weighted by Crippen LogP contribution is -2.69. The predicted molar refractivity (Wildman–Crippen MR) is 179 cm³/mol. The van der Waals surface area contributed by atoms with Gasteiger partial charge in [-0.2, -0.15) is 0 Å². The molecule has 3 heterocycles. The van der Waals surface area contributed by atoms with Gasteiger partial charge in [0.25, 0.3) is 0 Å². The third-order valence-electron chi connectivity index (χ3n) is 15.1. The van der Waals surface area contributed by atoms with Crippen molar-refractivity contribution in [2.24, 2.45) is 57.2 Å². The highest BCUT2D eigenvalue weighted by Crippen LogP contribution is 2.81. The number of epoxide rings is 2. The summed E-state index contributed by atoms with van der Waals surface area (Å²) in [6.45, 7) is 17.0. The molecule has 7 fully saturated rings. The minimum Gasteiger partial charge on any atom is -0.504 e. The van der Waals surface area contributed by atoms with E-state index in [0.29, 0.717) is 0 Å². The maximum absolute atomic E-state index is 14.7. The molecular weight excluding hydrogens is 708 g/mol. The standard InChI is InChI=1S/C39H50O15/c1-13-20-23(37(10)38(11,47)33(46)54-39(37)29(13)53-39)27(52-32(45)34(5,6)7)21-19-22(28(48-14(2)40)31(36(20,21)9)50-16(4)42)35(8)17(24(43)25(19)44)12-18-26(51-18)30(35)49-15(3)41/h13,17-18,20-23,26-31,44,47H,12H2,1-11H3/t13-,17+,18-,20-,21+,22+,23-,26-,27+,28-,29+,30-,31-,35-,36+,37-,38+,39-/m0/s1. The number of carbonyl (C=O) groups is 6. The van der Waals surface area contributed by atoms with Crippen LogP contribution in [0.1, 0.15) is 82.6 Å². The minimum atomic E-state index is -2.19. The van der Waals surface area contributed by atoms with Crippen LogP contribution < -0.4 is 0 Å². The predicted octanol–water partition coefficient (Wildman–Crippen LogP) is 2.49. The number of esters is 5. The van der Waals surface area contributed by atoms with E-state index in [0.717, 1.165) is 0 Å². The van der Waals surface area contributed by atoms with Crippen molar-refractivity contribution < 1.29 is 72.1 Å². The first-order valence-corrected chi connectivity index (χ1v) is 18.8. The molecule has 4 saturated carbocycles. The van der Waals surface area contributed by atoms with E-state index in [4.69, 9.17) is 33.2 Å². The molecule has 0 aromatic rings. The van der Waals surface area contributed by atoms with Gasteiger partial charge < -0.3 is 43.4 Å². The monoisotopic (exact) mass is 758 g/mol. The average Bonchev–Trinajstić information content (AvgIpc) is 3.95. The van der Waals surface area contributed by atoms with Crippen LogP contribution in [0.15, 0.2) is 11.3 Å². The van der Waals surface area contributed by atoms with Crippen LogP contribution in [0, 0.1) is 57.2 Å².